The lowest BCUT2D eigenvalue weighted by atomic mass is 9.83. The molecule has 0 saturated carbocycles. The molecule has 3 atom stereocenters. The van der Waals surface area contributed by atoms with Crippen molar-refractivity contribution in [3.05, 3.63) is 0 Å². The van der Waals surface area contributed by atoms with Crippen LogP contribution in [0.2, 0.25) is 0 Å². The van der Waals surface area contributed by atoms with E-state index in [1.807, 2.05) is 20.8 Å². The second-order valence-electron chi connectivity index (χ2n) is 6.83. The van der Waals surface area contributed by atoms with Gasteiger partial charge in [-0.15, -0.1) is 0 Å². The van der Waals surface area contributed by atoms with Gasteiger partial charge in [0.25, 0.3) is 0 Å². The van der Waals surface area contributed by atoms with Crippen molar-refractivity contribution in [2.24, 2.45) is 5.92 Å². The molecule has 3 unspecified atom stereocenters. The maximum Gasteiger partial charge on any atom is 0.410 e. The summed E-state index contributed by atoms with van der Waals surface area (Å²) in [6, 6.07) is 0.187. The molecular weight excluding hydrogens is 244 g/mol. The quantitative estimate of drug-likeness (QED) is 0.721. The van der Waals surface area contributed by atoms with Crippen LogP contribution in [0.1, 0.15) is 33.6 Å². The number of nitrogens with zero attached hydrogens (tertiary/aromatic N) is 2. The minimum Gasteiger partial charge on any atom is -0.444 e. The zero-order chi connectivity index (χ0) is 14.2. The van der Waals surface area contributed by atoms with E-state index in [4.69, 9.17) is 4.74 Å². The van der Waals surface area contributed by atoms with E-state index in [1.54, 1.807) is 4.90 Å². The molecular formula is C14H26N2O3. The van der Waals surface area contributed by atoms with Crippen LogP contribution in [-0.2, 0) is 4.74 Å². The van der Waals surface area contributed by atoms with Crippen LogP contribution >= 0.6 is 0 Å². The summed E-state index contributed by atoms with van der Waals surface area (Å²) in [5.41, 5.74) is -0.484. The predicted octanol–water partition coefficient (Wildman–Crippen LogP) is 1.31. The van der Waals surface area contributed by atoms with Gasteiger partial charge in [-0.2, -0.15) is 0 Å². The van der Waals surface area contributed by atoms with Crippen molar-refractivity contribution < 1.29 is 14.6 Å². The molecule has 0 aliphatic carbocycles. The fourth-order valence-electron chi connectivity index (χ4n) is 3.26. The van der Waals surface area contributed by atoms with Gasteiger partial charge in [0.1, 0.15) is 5.60 Å². The molecule has 5 nitrogen and oxygen atoms in total. The maximum atomic E-state index is 12.1. The summed E-state index contributed by atoms with van der Waals surface area (Å²) in [6.45, 7) is 7.69. The first kappa shape index (κ1) is 14.6. The average Bonchev–Trinajstić information content (AvgIpc) is 2.26. The van der Waals surface area contributed by atoms with Gasteiger partial charge >= 0.3 is 6.09 Å². The number of amides is 1. The molecule has 2 saturated heterocycles. The van der Waals surface area contributed by atoms with Gasteiger partial charge in [-0.1, -0.05) is 0 Å². The SMILES string of the molecule is CN1CCCC2CN(C(=O)OC(C)(C)C)CC(O)C21. The van der Waals surface area contributed by atoms with Crippen molar-refractivity contribution in [3.63, 3.8) is 0 Å². The van der Waals surface area contributed by atoms with Crippen LogP contribution in [0.4, 0.5) is 4.79 Å². The van der Waals surface area contributed by atoms with Crippen LogP contribution in [-0.4, -0.2) is 65.4 Å². The van der Waals surface area contributed by atoms with E-state index in [2.05, 4.69) is 11.9 Å². The Bertz CT molecular complexity index is 340. The van der Waals surface area contributed by atoms with Gasteiger partial charge in [-0.3, -0.25) is 0 Å². The molecule has 0 aromatic rings. The minimum atomic E-state index is -0.484. The Morgan fingerprint density at radius 2 is 2.00 bits per heavy atom. The van der Waals surface area contributed by atoms with Gasteiger partial charge in [-0.25, -0.2) is 4.79 Å². The number of β-amino-alcohol motifs (C(OH)–C–C–N with tert-alkyl or cyclic N) is 1. The highest BCUT2D eigenvalue weighted by Crippen LogP contribution is 2.30. The molecule has 2 heterocycles. The Balaban J connectivity index is 2.01. The van der Waals surface area contributed by atoms with E-state index in [1.165, 1.54) is 0 Å². The molecule has 1 N–H and O–H groups in total. The van der Waals surface area contributed by atoms with Crippen molar-refractivity contribution in [2.75, 3.05) is 26.7 Å². The lowest BCUT2D eigenvalue weighted by Gasteiger charge is -2.48. The highest BCUT2D eigenvalue weighted by atomic mass is 16.6. The highest BCUT2D eigenvalue weighted by molar-refractivity contribution is 5.68. The van der Waals surface area contributed by atoms with E-state index in [0.29, 0.717) is 19.0 Å². The third kappa shape index (κ3) is 3.39. The molecule has 110 valence electrons. The fraction of sp³-hybridized carbons (Fsp3) is 0.929. The number of hydrogen-bond donors (Lipinski definition) is 1. The molecule has 19 heavy (non-hydrogen) atoms. The van der Waals surface area contributed by atoms with Gasteiger partial charge in [0.05, 0.1) is 12.6 Å². The van der Waals surface area contributed by atoms with E-state index in [9.17, 15) is 9.90 Å². The van der Waals surface area contributed by atoms with Gasteiger partial charge in [-0.05, 0) is 53.1 Å². The normalized spacial score (nSPS) is 32.9. The summed E-state index contributed by atoms with van der Waals surface area (Å²) in [7, 11) is 2.06. The largest absolute Gasteiger partial charge is 0.444 e. The van der Waals surface area contributed by atoms with E-state index >= 15 is 0 Å². The zero-order valence-electron chi connectivity index (χ0n) is 12.4. The Morgan fingerprint density at radius 1 is 1.32 bits per heavy atom. The molecule has 2 rings (SSSR count). The maximum absolute atomic E-state index is 12.1. The lowest BCUT2D eigenvalue weighted by Crippen LogP contribution is -2.61. The van der Waals surface area contributed by atoms with Crippen molar-refractivity contribution in [1.82, 2.24) is 9.80 Å². The fourth-order valence-corrected chi connectivity index (χ4v) is 3.26. The van der Waals surface area contributed by atoms with E-state index in [-0.39, 0.29) is 12.1 Å². The van der Waals surface area contributed by atoms with E-state index in [0.717, 1.165) is 19.4 Å². The number of aliphatic hydroxyl groups excluding tert-OH is 1. The minimum absolute atomic E-state index is 0.187. The number of piperidine rings is 2. The predicted molar refractivity (Wildman–Crippen MR) is 73.0 cm³/mol. The zero-order valence-corrected chi connectivity index (χ0v) is 12.4. The van der Waals surface area contributed by atoms with Crippen LogP contribution in [0.15, 0.2) is 0 Å². The third-order valence-corrected chi connectivity index (χ3v) is 3.99. The number of likely N-dealkylation sites (tertiary alicyclic amines) is 2. The summed E-state index contributed by atoms with van der Waals surface area (Å²) in [4.78, 5) is 16.0. The molecule has 2 aliphatic heterocycles. The number of likely N-dealkylation sites (N-methyl/N-ethyl adjacent to an activating group) is 1. The highest BCUT2D eigenvalue weighted by Gasteiger charge is 2.42. The van der Waals surface area contributed by atoms with Gasteiger partial charge in [0.2, 0.25) is 0 Å². The summed E-state index contributed by atoms with van der Waals surface area (Å²) in [5, 5.41) is 10.3. The monoisotopic (exact) mass is 270 g/mol. The van der Waals surface area contributed by atoms with Crippen molar-refractivity contribution in [2.45, 2.75) is 51.4 Å². The lowest BCUT2D eigenvalue weighted by molar-refractivity contribution is -0.0625. The third-order valence-electron chi connectivity index (χ3n) is 3.99. The van der Waals surface area contributed by atoms with Crippen LogP contribution < -0.4 is 0 Å². The molecule has 5 heteroatoms. The summed E-state index contributed by atoms with van der Waals surface area (Å²) in [6.07, 6.45) is 1.42. The number of ether oxygens (including phenoxy) is 1. The molecule has 0 bridgehead atoms. The summed E-state index contributed by atoms with van der Waals surface area (Å²) < 4.78 is 5.39. The second kappa shape index (κ2) is 5.29. The van der Waals surface area contributed by atoms with Crippen LogP contribution in [0.3, 0.4) is 0 Å². The molecule has 0 radical (unpaired) electrons. The Morgan fingerprint density at radius 3 is 2.63 bits per heavy atom. The summed E-state index contributed by atoms with van der Waals surface area (Å²) in [5.74, 6) is 0.356. The topological polar surface area (TPSA) is 53.0 Å². The Kier molecular flexibility index (Phi) is 4.06. The molecule has 0 aromatic heterocycles. The first-order valence-electron chi connectivity index (χ1n) is 7.14. The summed E-state index contributed by atoms with van der Waals surface area (Å²) >= 11 is 0. The Labute approximate surface area is 115 Å². The number of aliphatic hydroxyl groups is 1. The standard InChI is InChI=1S/C14H26N2O3/c1-14(2,3)19-13(18)16-8-10-6-5-7-15(4)12(10)11(17)9-16/h10-12,17H,5-9H2,1-4H3. The molecule has 2 aliphatic rings. The van der Waals surface area contributed by atoms with Gasteiger partial charge in [0.15, 0.2) is 0 Å². The molecule has 0 spiro atoms. The van der Waals surface area contributed by atoms with Crippen molar-refractivity contribution in [1.29, 1.82) is 0 Å². The molecule has 2 fully saturated rings. The smallest absolute Gasteiger partial charge is 0.410 e. The van der Waals surface area contributed by atoms with Crippen LogP contribution in [0.25, 0.3) is 0 Å². The number of carbonyl (C=O) groups is 1. The number of carbonyl (C=O) groups excluding carboxylic acids is 1. The molecule has 0 aromatic carbocycles. The molecule has 1 amide bonds. The van der Waals surface area contributed by atoms with Crippen molar-refractivity contribution in [3.8, 4) is 0 Å². The number of fused-ring (bicyclic) bond motifs is 1. The Hall–Kier alpha value is -0.810. The van der Waals surface area contributed by atoms with Crippen molar-refractivity contribution >= 4 is 6.09 Å². The first-order chi connectivity index (χ1) is 8.78. The number of hydrogen-bond acceptors (Lipinski definition) is 4. The van der Waals surface area contributed by atoms with Crippen LogP contribution in [0.5, 0.6) is 0 Å². The van der Waals surface area contributed by atoms with Crippen LogP contribution in [0, 0.1) is 5.92 Å². The van der Waals surface area contributed by atoms with Gasteiger partial charge in [0, 0.05) is 12.6 Å². The second-order valence-corrected chi connectivity index (χ2v) is 6.83. The first-order valence-corrected chi connectivity index (χ1v) is 7.14. The van der Waals surface area contributed by atoms with Gasteiger partial charge < -0.3 is 19.6 Å². The average molecular weight is 270 g/mol. The number of rotatable bonds is 0. The van der Waals surface area contributed by atoms with E-state index < -0.39 is 11.7 Å².